The molecule has 0 N–H and O–H groups in total. The molecule has 0 bridgehead atoms. The van der Waals surface area contributed by atoms with E-state index in [-0.39, 0.29) is 25.9 Å². The van der Waals surface area contributed by atoms with Crippen LogP contribution < -0.4 is 0 Å². The van der Waals surface area contributed by atoms with E-state index in [0.29, 0.717) is 0 Å². The maximum absolute atomic E-state index is 11.8. The lowest BCUT2D eigenvalue weighted by molar-refractivity contribution is -0.137. The summed E-state index contributed by atoms with van der Waals surface area (Å²) in [5.41, 5.74) is 0. The topological polar surface area (TPSA) is 97.8 Å². The van der Waals surface area contributed by atoms with Gasteiger partial charge in [-0.05, 0) is 12.8 Å². The van der Waals surface area contributed by atoms with Gasteiger partial charge in [0.25, 0.3) is 0 Å². The molecule has 0 aromatic heterocycles. The van der Waals surface area contributed by atoms with Crippen LogP contribution in [0.3, 0.4) is 0 Å². The zero-order valence-corrected chi connectivity index (χ0v) is 12.0. The Kier molecular flexibility index (Phi) is 4.73. The third-order valence-corrected chi connectivity index (χ3v) is 6.36. The molecular formula is C9H17NO6S2. The average Bonchev–Trinajstić information content (AvgIpc) is 2.27. The first kappa shape index (κ1) is 15.4. The Bertz CT molecular complexity index is 501. The molecule has 1 fully saturated rings. The molecule has 9 heteroatoms. The molecule has 1 aliphatic rings. The summed E-state index contributed by atoms with van der Waals surface area (Å²) in [7, 11) is -5.72. The van der Waals surface area contributed by atoms with Gasteiger partial charge in [-0.25, -0.2) is 21.1 Å². The molecule has 106 valence electrons. The number of carbonyl (C=O) groups excluding carboxylic acids is 1. The zero-order chi connectivity index (χ0) is 14.0. The molecule has 0 aromatic carbocycles. The van der Waals surface area contributed by atoms with Crippen LogP contribution in [0.4, 0.5) is 0 Å². The summed E-state index contributed by atoms with van der Waals surface area (Å²) in [5, 5.41) is -0.498. The molecule has 0 atom stereocenters. The molecular weight excluding hydrogens is 282 g/mol. The van der Waals surface area contributed by atoms with Crippen molar-refractivity contribution in [1.82, 2.24) is 4.31 Å². The summed E-state index contributed by atoms with van der Waals surface area (Å²) in [5.74, 6) is -1.52. The van der Waals surface area contributed by atoms with Gasteiger partial charge in [0, 0.05) is 19.3 Å². The molecule has 1 heterocycles. The zero-order valence-electron chi connectivity index (χ0n) is 10.3. The van der Waals surface area contributed by atoms with Crippen molar-refractivity contribution in [2.45, 2.75) is 18.1 Å². The van der Waals surface area contributed by atoms with E-state index in [0.717, 1.165) is 17.7 Å². The van der Waals surface area contributed by atoms with Crippen molar-refractivity contribution in [1.29, 1.82) is 0 Å². The van der Waals surface area contributed by atoms with Gasteiger partial charge >= 0.3 is 5.97 Å². The van der Waals surface area contributed by atoms with Crippen LogP contribution in [-0.2, 0) is 29.4 Å². The lowest BCUT2D eigenvalue weighted by Gasteiger charge is -2.29. The normalized spacial score (nSPS) is 19.7. The highest BCUT2D eigenvalue weighted by atomic mass is 32.2. The van der Waals surface area contributed by atoms with Crippen LogP contribution >= 0.6 is 0 Å². The van der Waals surface area contributed by atoms with Crippen molar-refractivity contribution in [2.75, 3.05) is 32.2 Å². The fourth-order valence-electron chi connectivity index (χ4n) is 1.84. The quantitative estimate of drug-likeness (QED) is 0.617. The maximum atomic E-state index is 11.8. The number of piperidine rings is 1. The number of sulfonamides is 1. The SMILES string of the molecule is COC(=O)CS(=O)(=O)N1CCC(S(C)(=O)=O)CC1. The van der Waals surface area contributed by atoms with Crippen molar-refractivity contribution in [3.05, 3.63) is 0 Å². The minimum Gasteiger partial charge on any atom is -0.468 e. The van der Waals surface area contributed by atoms with Crippen LogP contribution in [0.25, 0.3) is 0 Å². The van der Waals surface area contributed by atoms with Crippen LogP contribution in [0, 0.1) is 0 Å². The summed E-state index contributed by atoms with van der Waals surface area (Å²) in [6.07, 6.45) is 1.68. The predicted molar refractivity (Wildman–Crippen MR) is 65.2 cm³/mol. The van der Waals surface area contributed by atoms with Gasteiger partial charge in [-0.2, -0.15) is 0 Å². The van der Waals surface area contributed by atoms with E-state index in [1.165, 1.54) is 0 Å². The lowest BCUT2D eigenvalue weighted by atomic mass is 10.2. The van der Waals surface area contributed by atoms with Crippen LogP contribution in [0.1, 0.15) is 12.8 Å². The molecule has 1 saturated heterocycles. The lowest BCUT2D eigenvalue weighted by Crippen LogP contribution is -2.44. The van der Waals surface area contributed by atoms with Gasteiger partial charge in [0.1, 0.15) is 9.84 Å². The van der Waals surface area contributed by atoms with E-state index < -0.39 is 36.8 Å². The summed E-state index contributed by atoms with van der Waals surface area (Å²) in [4.78, 5) is 11.0. The van der Waals surface area contributed by atoms with E-state index >= 15 is 0 Å². The van der Waals surface area contributed by atoms with Gasteiger partial charge in [0.05, 0.1) is 12.4 Å². The second kappa shape index (κ2) is 5.54. The highest BCUT2D eigenvalue weighted by Gasteiger charge is 2.33. The molecule has 0 radical (unpaired) electrons. The van der Waals surface area contributed by atoms with Crippen LogP contribution in [0.5, 0.6) is 0 Å². The second-order valence-corrected chi connectivity index (χ2v) is 8.55. The smallest absolute Gasteiger partial charge is 0.322 e. The molecule has 1 rings (SSSR count). The first-order valence-electron chi connectivity index (χ1n) is 5.40. The third-order valence-electron chi connectivity index (χ3n) is 2.93. The Morgan fingerprint density at radius 1 is 1.22 bits per heavy atom. The summed E-state index contributed by atoms with van der Waals surface area (Å²) in [6, 6.07) is 0. The Balaban J connectivity index is 2.65. The first-order chi connectivity index (χ1) is 8.16. The Morgan fingerprint density at radius 3 is 2.11 bits per heavy atom. The molecule has 0 aliphatic carbocycles. The number of nitrogens with zero attached hydrogens (tertiary/aromatic N) is 1. The molecule has 0 saturated carbocycles. The van der Waals surface area contributed by atoms with E-state index in [1.54, 1.807) is 0 Å². The molecule has 18 heavy (non-hydrogen) atoms. The third kappa shape index (κ3) is 3.92. The van der Waals surface area contributed by atoms with Crippen molar-refractivity contribution >= 4 is 25.8 Å². The number of methoxy groups -OCH3 is 1. The van der Waals surface area contributed by atoms with Gasteiger partial charge in [-0.1, -0.05) is 0 Å². The molecule has 0 amide bonds. The van der Waals surface area contributed by atoms with Crippen molar-refractivity contribution in [2.24, 2.45) is 0 Å². The van der Waals surface area contributed by atoms with Gasteiger partial charge in [-0.3, -0.25) is 4.79 Å². The van der Waals surface area contributed by atoms with Crippen LogP contribution in [-0.4, -0.2) is 64.6 Å². The summed E-state index contributed by atoms with van der Waals surface area (Å²) < 4.78 is 51.7. The standard InChI is InChI=1S/C9H17NO6S2/c1-16-9(11)7-18(14,15)10-5-3-8(4-6-10)17(2,12)13/h8H,3-7H2,1-2H3. The van der Waals surface area contributed by atoms with Crippen molar-refractivity contribution < 1.29 is 26.4 Å². The van der Waals surface area contributed by atoms with Gasteiger partial charge in [0.15, 0.2) is 5.75 Å². The molecule has 7 nitrogen and oxygen atoms in total. The Labute approximate surface area is 107 Å². The number of rotatable bonds is 4. The largest absolute Gasteiger partial charge is 0.468 e. The van der Waals surface area contributed by atoms with E-state index in [9.17, 15) is 21.6 Å². The highest BCUT2D eigenvalue weighted by molar-refractivity contribution is 7.91. The highest BCUT2D eigenvalue weighted by Crippen LogP contribution is 2.19. The molecule has 0 aromatic rings. The number of sulfone groups is 1. The minimum absolute atomic E-state index is 0.122. The van der Waals surface area contributed by atoms with Crippen LogP contribution in [0.15, 0.2) is 0 Å². The summed E-state index contributed by atoms with van der Waals surface area (Å²) in [6.45, 7) is 0.244. The Morgan fingerprint density at radius 2 is 1.72 bits per heavy atom. The monoisotopic (exact) mass is 299 g/mol. The predicted octanol–water partition coefficient (Wildman–Crippen LogP) is -1.00. The van der Waals surface area contributed by atoms with Gasteiger partial charge in [0.2, 0.25) is 10.0 Å². The molecule has 0 unspecified atom stereocenters. The molecule has 0 spiro atoms. The molecule has 1 aliphatic heterocycles. The fourth-order valence-corrected chi connectivity index (χ4v) is 4.27. The van der Waals surface area contributed by atoms with Gasteiger partial charge < -0.3 is 4.74 Å². The van der Waals surface area contributed by atoms with Crippen LogP contribution in [0.2, 0.25) is 0 Å². The fraction of sp³-hybridized carbons (Fsp3) is 0.889. The van der Waals surface area contributed by atoms with Crippen molar-refractivity contribution in [3.63, 3.8) is 0 Å². The number of carbonyl (C=O) groups is 1. The Hall–Kier alpha value is -0.670. The van der Waals surface area contributed by atoms with Gasteiger partial charge in [-0.15, -0.1) is 0 Å². The van der Waals surface area contributed by atoms with Crippen molar-refractivity contribution in [3.8, 4) is 0 Å². The average molecular weight is 299 g/mol. The minimum atomic E-state index is -3.70. The number of hydrogen-bond donors (Lipinski definition) is 0. The second-order valence-electron chi connectivity index (χ2n) is 4.26. The first-order valence-corrected chi connectivity index (χ1v) is 8.96. The maximum Gasteiger partial charge on any atom is 0.322 e. The van der Waals surface area contributed by atoms with E-state index in [2.05, 4.69) is 4.74 Å². The number of hydrogen-bond acceptors (Lipinski definition) is 6. The van der Waals surface area contributed by atoms with E-state index in [1.807, 2.05) is 0 Å². The summed E-state index contributed by atoms with van der Waals surface area (Å²) >= 11 is 0. The number of esters is 1. The number of ether oxygens (including phenoxy) is 1. The van der Waals surface area contributed by atoms with E-state index in [4.69, 9.17) is 0 Å².